The van der Waals surface area contributed by atoms with E-state index in [1.807, 2.05) is 4.90 Å². The highest BCUT2D eigenvalue weighted by molar-refractivity contribution is 5.78. The fourth-order valence-corrected chi connectivity index (χ4v) is 3.48. The van der Waals surface area contributed by atoms with Crippen LogP contribution in [0.4, 0.5) is 0 Å². The second-order valence-corrected chi connectivity index (χ2v) is 6.87. The Balaban J connectivity index is 1.82. The molecule has 0 aromatic heterocycles. The van der Waals surface area contributed by atoms with Crippen LogP contribution < -0.4 is 11.3 Å². The number of hydrogen-bond acceptors (Lipinski definition) is 4. The zero-order valence-electron chi connectivity index (χ0n) is 15.5. The average molecular weight is 346 g/mol. The number of benzene rings is 1. The quantitative estimate of drug-likeness (QED) is 0.467. The third-order valence-electron chi connectivity index (χ3n) is 5.05. The molecule has 3 N–H and O–H groups in total. The van der Waals surface area contributed by atoms with Crippen molar-refractivity contribution in [2.24, 2.45) is 5.84 Å². The van der Waals surface area contributed by atoms with Gasteiger partial charge in [-0.05, 0) is 38.3 Å². The largest absolute Gasteiger partial charge is 0.340 e. The molecule has 0 bridgehead atoms. The van der Waals surface area contributed by atoms with Crippen LogP contribution in [0.2, 0.25) is 0 Å². The maximum Gasteiger partial charge on any atom is 0.233 e. The summed E-state index contributed by atoms with van der Waals surface area (Å²) in [6.45, 7) is 9.76. The molecule has 1 fully saturated rings. The zero-order chi connectivity index (χ0) is 18.4. The summed E-state index contributed by atoms with van der Waals surface area (Å²) in [6, 6.07) is 6.96. The van der Waals surface area contributed by atoms with Crippen molar-refractivity contribution in [2.45, 2.75) is 46.1 Å². The molecule has 1 heterocycles. The van der Waals surface area contributed by atoms with E-state index >= 15 is 0 Å². The molecule has 1 aliphatic heterocycles. The van der Waals surface area contributed by atoms with Crippen LogP contribution in [0.5, 0.6) is 0 Å². The second-order valence-electron chi connectivity index (χ2n) is 6.87. The van der Waals surface area contributed by atoms with Gasteiger partial charge in [-0.2, -0.15) is 0 Å². The van der Waals surface area contributed by atoms with Gasteiger partial charge in [-0.25, -0.2) is 5.84 Å². The normalized spacial score (nSPS) is 16.6. The Morgan fingerprint density at radius 1 is 1.16 bits per heavy atom. The van der Waals surface area contributed by atoms with Crippen LogP contribution in [-0.2, 0) is 9.59 Å². The van der Waals surface area contributed by atoms with Gasteiger partial charge in [0, 0.05) is 45.1 Å². The smallest absolute Gasteiger partial charge is 0.233 e. The third kappa shape index (κ3) is 5.28. The molecule has 2 rings (SSSR count). The van der Waals surface area contributed by atoms with Crippen LogP contribution in [0.3, 0.4) is 0 Å². The SMILES string of the molecule is Cc1ccc(C(C)N2CCN(C(=O)CCCC(=O)NN)CC2)c(C)c1. The summed E-state index contributed by atoms with van der Waals surface area (Å²) in [7, 11) is 0. The summed E-state index contributed by atoms with van der Waals surface area (Å²) in [5.41, 5.74) is 6.06. The average Bonchev–Trinajstić information content (AvgIpc) is 2.61. The monoisotopic (exact) mass is 346 g/mol. The van der Waals surface area contributed by atoms with Gasteiger partial charge in [0.05, 0.1) is 0 Å². The minimum atomic E-state index is -0.222. The van der Waals surface area contributed by atoms with Gasteiger partial charge >= 0.3 is 0 Å². The summed E-state index contributed by atoms with van der Waals surface area (Å²) in [5.74, 6) is 4.95. The van der Waals surface area contributed by atoms with E-state index in [0.29, 0.717) is 25.3 Å². The van der Waals surface area contributed by atoms with Crippen molar-refractivity contribution >= 4 is 11.8 Å². The molecule has 0 radical (unpaired) electrons. The molecule has 1 saturated heterocycles. The molecule has 0 spiro atoms. The lowest BCUT2D eigenvalue weighted by molar-refractivity contribution is -0.133. The van der Waals surface area contributed by atoms with Crippen molar-refractivity contribution in [1.29, 1.82) is 0 Å². The predicted molar refractivity (Wildman–Crippen MR) is 98.7 cm³/mol. The lowest BCUT2D eigenvalue weighted by Gasteiger charge is -2.38. The Bertz CT molecular complexity index is 609. The van der Waals surface area contributed by atoms with Gasteiger partial charge in [-0.3, -0.25) is 19.9 Å². The van der Waals surface area contributed by atoms with E-state index in [9.17, 15) is 9.59 Å². The number of nitrogens with one attached hydrogen (secondary N) is 1. The molecule has 1 aromatic rings. The van der Waals surface area contributed by atoms with E-state index in [1.165, 1.54) is 16.7 Å². The number of carbonyl (C=O) groups excluding carboxylic acids is 2. The maximum atomic E-state index is 12.3. The number of rotatable bonds is 6. The van der Waals surface area contributed by atoms with Crippen molar-refractivity contribution in [3.05, 3.63) is 34.9 Å². The van der Waals surface area contributed by atoms with Crippen LogP contribution in [-0.4, -0.2) is 47.8 Å². The molecular weight excluding hydrogens is 316 g/mol. The van der Waals surface area contributed by atoms with E-state index in [0.717, 1.165) is 26.2 Å². The number of nitrogens with zero attached hydrogens (tertiary/aromatic N) is 2. The zero-order valence-corrected chi connectivity index (χ0v) is 15.5. The molecule has 138 valence electrons. The number of amides is 2. The summed E-state index contributed by atoms with van der Waals surface area (Å²) < 4.78 is 0. The first-order valence-electron chi connectivity index (χ1n) is 9.00. The second kappa shape index (κ2) is 8.97. The highest BCUT2D eigenvalue weighted by Crippen LogP contribution is 2.25. The molecule has 1 atom stereocenters. The molecule has 1 unspecified atom stereocenters. The Morgan fingerprint density at radius 2 is 1.84 bits per heavy atom. The Hall–Kier alpha value is -1.92. The minimum Gasteiger partial charge on any atom is -0.340 e. The van der Waals surface area contributed by atoms with Crippen molar-refractivity contribution in [3.63, 3.8) is 0 Å². The van der Waals surface area contributed by atoms with Gasteiger partial charge in [0.2, 0.25) is 11.8 Å². The number of piperazine rings is 1. The first-order valence-corrected chi connectivity index (χ1v) is 9.00. The maximum absolute atomic E-state index is 12.3. The highest BCUT2D eigenvalue weighted by atomic mass is 16.2. The topological polar surface area (TPSA) is 78.7 Å². The molecular formula is C19H30N4O2. The molecule has 6 nitrogen and oxygen atoms in total. The van der Waals surface area contributed by atoms with E-state index in [4.69, 9.17) is 5.84 Å². The van der Waals surface area contributed by atoms with Gasteiger partial charge in [0.1, 0.15) is 0 Å². The number of nitrogens with two attached hydrogens (primary N) is 1. The lowest BCUT2D eigenvalue weighted by Crippen LogP contribution is -2.49. The third-order valence-corrected chi connectivity index (χ3v) is 5.05. The van der Waals surface area contributed by atoms with E-state index in [1.54, 1.807) is 0 Å². The Labute approximate surface area is 150 Å². The number of carbonyl (C=O) groups is 2. The van der Waals surface area contributed by atoms with E-state index in [2.05, 4.69) is 49.3 Å². The van der Waals surface area contributed by atoms with Crippen LogP contribution in [0.25, 0.3) is 0 Å². The van der Waals surface area contributed by atoms with Crippen molar-refractivity contribution in [2.75, 3.05) is 26.2 Å². The Morgan fingerprint density at radius 3 is 2.44 bits per heavy atom. The molecule has 0 aliphatic carbocycles. The fraction of sp³-hybridized carbons (Fsp3) is 0.579. The van der Waals surface area contributed by atoms with Gasteiger partial charge in [0.15, 0.2) is 0 Å². The van der Waals surface area contributed by atoms with E-state index in [-0.39, 0.29) is 11.8 Å². The summed E-state index contributed by atoms with van der Waals surface area (Å²) in [4.78, 5) is 27.7. The van der Waals surface area contributed by atoms with Gasteiger partial charge < -0.3 is 4.90 Å². The van der Waals surface area contributed by atoms with E-state index < -0.39 is 0 Å². The van der Waals surface area contributed by atoms with Gasteiger partial charge in [-0.15, -0.1) is 0 Å². The fourth-order valence-electron chi connectivity index (χ4n) is 3.48. The number of hydrazine groups is 1. The first kappa shape index (κ1) is 19.4. The van der Waals surface area contributed by atoms with Crippen molar-refractivity contribution in [1.82, 2.24) is 15.2 Å². The van der Waals surface area contributed by atoms with Gasteiger partial charge in [-0.1, -0.05) is 23.8 Å². The Kier molecular flexibility index (Phi) is 6.96. The first-order chi connectivity index (χ1) is 11.9. The number of aryl methyl sites for hydroxylation is 2. The lowest BCUT2D eigenvalue weighted by atomic mass is 9.98. The standard InChI is InChI=1S/C19H30N4O2/c1-14-7-8-17(15(2)13-14)16(3)22-9-11-23(12-10-22)19(25)6-4-5-18(24)21-20/h7-8,13,16H,4-6,9-12,20H2,1-3H3,(H,21,24). The van der Waals surface area contributed by atoms with Crippen molar-refractivity contribution in [3.8, 4) is 0 Å². The van der Waals surface area contributed by atoms with Crippen molar-refractivity contribution < 1.29 is 9.59 Å². The van der Waals surface area contributed by atoms with Crippen LogP contribution in [0.15, 0.2) is 18.2 Å². The minimum absolute atomic E-state index is 0.128. The summed E-state index contributed by atoms with van der Waals surface area (Å²) in [6.07, 6.45) is 1.24. The van der Waals surface area contributed by atoms with Gasteiger partial charge in [0.25, 0.3) is 0 Å². The molecule has 6 heteroatoms. The summed E-state index contributed by atoms with van der Waals surface area (Å²) >= 11 is 0. The molecule has 1 aromatic carbocycles. The van der Waals surface area contributed by atoms with Crippen LogP contribution >= 0.6 is 0 Å². The predicted octanol–water partition coefficient (Wildman–Crippen LogP) is 1.67. The molecule has 0 saturated carbocycles. The molecule has 25 heavy (non-hydrogen) atoms. The molecule has 1 aliphatic rings. The van der Waals surface area contributed by atoms with Crippen LogP contribution in [0.1, 0.15) is 48.9 Å². The highest BCUT2D eigenvalue weighted by Gasteiger charge is 2.25. The molecule has 2 amide bonds. The summed E-state index contributed by atoms with van der Waals surface area (Å²) in [5, 5.41) is 0. The number of hydrogen-bond donors (Lipinski definition) is 2. The van der Waals surface area contributed by atoms with Crippen LogP contribution in [0, 0.1) is 13.8 Å².